The number of sulfonamides is 1. The molecule has 0 unspecified atom stereocenters. The summed E-state index contributed by atoms with van der Waals surface area (Å²) in [7, 11) is -3.25. The van der Waals surface area contributed by atoms with Gasteiger partial charge in [-0.25, -0.2) is 12.7 Å². The first kappa shape index (κ1) is 15.9. The second kappa shape index (κ2) is 6.56. The Morgan fingerprint density at radius 1 is 1.40 bits per heavy atom. The molecule has 0 aliphatic carbocycles. The Morgan fingerprint density at radius 3 is 2.65 bits per heavy atom. The third kappa shape index (κ3) is 4.04. The molecule has 0 saturated carbocycles. The number of piperidine rings is 1. The van der Waals surface area contributed by atoms with Crippen LogP contribution in [0.15, 0.2) is 28.7 Å². The molecular weight excluding hydrogens is 340 g/mol. The predicted molar refractivity (Wildman–Crippen MR) is 84.7 cm³/mol. The first-order valence-electron chi connectivity index (χ1n) is 6.86. The van der Waals surface area contributed by atoms with E-state index in [1.165, 1.54) is 0 Å². The highest BCUT2D eigenvalue weighted by Gasteiger charge is 2.30. The van der Waals surface area contributed by atoms with Crippen LogP contribution in [0.4, 0.5) is 0 Å². The maximum absolute atomic E-state index is 12.5. The van der Waals surface area contributed by atoms with Crippen molar-refractivity contribution in [2.75, 3.05) is 13.1 Å². The standard InChI is InChI=1S/C14H21BrN2O2S/c1-11(16)13-3-2-8-17(9-13)20(18,19)10-12-4-6-14(15)7-5-12/h4-7,11,13H,2-3,8-10,16H2,1H3/t11-,13-/m0/s1. The van der Waals surface area contributed by atoms with Crippen molar-refractivity contribution in [2.24, 2.45) is 11.7 Å². The van der Waals surface area contributed by atoms with Gasteiger partial charge in [0.1, 0.15) is 0 Å². The van der Waals surface area contributed by atoms with Crippen molar-refractivity contribution >= 4 is 26.0 Å². The largest absolute Gasteiger partial charge is 0.328 e. The molecule has 0 spiro atoms. The van der Waals surface area contributed by atoms with Gasteiger partial charge in [-0.15, -0.1) is 0 Å². The van der Waals surface area contributed by atoms with Crippen LogP contribution in [0.2, 0.25) is 0 Å². The molecule has 2 atom stereocenters. The van der Waals surface area contributed by atoms with Gasteiger partial charge in [0, 0.05) is 23.6 Å². The van der Waals surface area contributed by atoms with Gasteiger partial charge >= 0.3 is 0 Å². The summed E-state index contributed by atoms with van der Waals surface area (Å²) in [6, 6.07) is 7.46. The lowest BCUT2D eigenvalue weighted by atomic mass is 9.93. The Hall–Kier alpha value is -0.430. The molecule has 112 valence electrons. The van der Waals surface area contributed by atoms with Crippen LogP contribution in [-0.4, -0.2) is 31.9 Å². The zero-order valence-corrected chi connectivity index (χ0v) is 14.0. The van der Waals surface area contributed by atoms with Crippen LogP contribution in [0.25, 0.3) is 0 Å². The van der Waals surface area contributed by atoms with Gasteiger partial charge < -0.3 is 5.73 Å². The van der Waals surface area contributed by atoms with Crippen molar-refractivity contribution in [3.8, 4) is 0 Å². The predicted octanol–water partition coefficient (Wildman–Crippen LogP) is 2.34. The minimum atomic E-state index is -3.25. The number of nitrogens with two attached hydrogens (primary N) is 1. The second-order valence-electron chi connectivity index (χ2n) is 5.50. The first-order valence-corrected chi connectivity index (χ1v) is 9.26. The molecule has 1 saturated heterocycles. The summed E-state index contributed by atoms with van der Waals surface area (Å²) in [5, 5.41) is 0. The maximum atomic E-state index is 12.5. The quantitative estimate of drug-likeness (QED) is 0.895. The Bertz CT molecular complexity index is 543. The normalized spacial score (nSPS) is 22.6. The number of hydrogen-bond donors (Lipinski definition) is 1. The summed E-state index contributed by atoms with van der Waals surface area (Å²) >= 11 is 3.35. The van der Waals surface area contributed by atoms with Crippen molar-refractivity contribution in [3.63, 3.8) is 0 Å². The molecule has 0 radical (unpaired) electrons. The SMILES string of the molecule is C[C@H](N)[C@H]1CCCN(S(=O)(=O)Cc2ccc(Br)cc2)C1. The molecule has 2 rings (SSSR count). The summed E-state index contributed by atoms with van der Waals surface area (Å²) in [6.45, 7) is 3.12. The van der Waals surface area contributed by atoms with Crippen LogP contribution < -0.4 is 5.73 Å². The van der Waals surface area contributed by atoms with Crippen molar-refractivity contribution in [3.05, 3.63) is 34.3 Å². The van der Waals surface area contributed by atoms with Gasteiger partial charge in [0.15, 0.2) is 0 Å². The number of nitrogens with zero attached hydrogens (tertiary/aromatic N) is 1. The highest BCUT2D eigenvalue weighted by molar-refractivity contribution is 9.10. The molecule has 1 aromatic rings. The average Bonchev–Trinajstić information content (AvgIpc) is 2.41. The molecule has 1 aliphatic rings. The van der Waals surface area contributed by atoms with Gasteiger partial charge in [0.25, 0.3) is 0 Å². The molecule has 1 aromatic carbocycles. The zero-order valence-electron chi connectivity index (χ0n) is 11.6. The molecule has 2 N–H and O–H groups in total. The molecule has 4 nitrogen and oxygen atoms in total. The fourth-order valence-corrected chi connectivity index (χ4v) is 4.42. The number of halogens is 1. The van der Waals surface area contributed by atoms with Crippen LogP contribution in [0.3, 0.4) is 0 Å². The summed E-state index contributed by atoms with van der Waals surface area (Å²) in [5.41, 5.74) is 6.73. The van der Waals surface area contributed by atoms with Crippen molar-refractivity contribution < 1.29 is 8.42 Å². The van der Waals surface area contributed by atoms with E-state index in [0.29, 0.717) is 13.1 Å². The molecule has 6 heteroatoms. The van der Waals surface area contributed by atoms with E-state index in [0.717, 1.165) is 22.9 Å². The Labute approximate surface area is 129 Å². The van der Waals surface area contributed by atoms with Crippen LogP contribution in [-0.2, 0) is 15.8 Å². The first-order chi connectivity index (χ1) is 9.38. The van der Waals surface area contributed by atoms with Gasteiger partial charge in [-0.3, -0.25) is 0 Å². The number of benzene rings is 1. The van der Waals surface area contributed by atoms with Crippen molar-refractivity contribution in [1.82, 2.24) is 4.31 Å². The fraction of sp³-hybridized carbons (Fsp3) is 0.571. The molecule has 1 fully saturated rings. The van der Waals surface area contributed by atoms with E-state index in [2.05, 4.69) is 15.9 Å². The van der Waals surface area contributed by atoms with Gasteiger partial charge in [-0.1, -0.05) is 28.1 Å². The van der Waals surface area contributed by atoms with E-state index < -0.39 is 10.0 Å². The van der Waals surface area contributed by atoms with E-state index in [9.17, 15) is 8.42 Å². The highest BCUT2D eigenvalue weighted by atomic mass is 79.9. The Balaban J connectivity index is 2.08. The minimum absolute atomic E-state index is 0.0423. The van der Waals surface area contributed by atoms with E-state index >= 15 is 0 Å². The Morgan fingerprint density at radius 2 is 2.05 bits per heavy atom. The third-order valence-electron chi connectivity index (χ3n) is 3.82. The zero-order chi connectivity index (χ0) is 14.8. The smallest absolute Gasteiger partial charge is 0.218 e. The van der Waals surface area contributed by atoms with E-state index in [1.807, 2.05) is 31.2 Å². The van der Waals surface area contributed by atoms with Crippen LogP contribution in [0.5, 0.6) is 0 Å². The molecule has 0 amide bonds. The van der Waals surface area contributed by atoms with E-state index in [-0.39, 0.29) is 17.7 Å². The van der Waals surface area contributed by atoms with Crippen LogP contribution in [0.1, 0.15) is 25.3 Å². The van der Waals surface area contributed by atoms with Crippen molar-refractivity contribution in [1.29, 1.82) is 0 Å². The van der Waals surface area contributed by atoms with Gasteiger partial charge in [-0.2, -0.15) is 0 Å². The number of rotatable bonds is 4. The topological polar surface area (TPSA) is 63.4 Å². The van der Waals surface area contributed by atoms with Crippen LogP contribution >= 0.6 is 15.9 Å². The minimum Gasteiger partial charge on any atom is -0.328 e. The van der Waals surface area contributed by atoms with Crippen molar-refractivity contribution in [2.45, 2.75) is 31.6 Å². The molecular formula is C14H21BrN2O2S. The van der Waals surface area contributed by atoms with E-state index in [1.54, 1.807) is 4.31 Å². The molecule has 0 aromatic heterocycles. The fourth-order valence-electron chi connectivity index (χ4n) is 2.54. The van der Waals surface area contributed by atoms with Gasteiger partial charge in [0.2, 0.25) is 10.0 Å². The lowest BCUT2D eigenvalue weighted by Gasteiger charge is -2.33. The molecule has 1 heterocycles. The summed E-state index contributed by atoms with van der Waals surface area (Å²) in [6.07, 6.45) is 1.91. The van der Waals surface area contributed by atoms with Gasteiger partial charge in [0.05, 0.1) is 5.75 Å². The lowest BCUT2D eigenvalue weighted by molar-refractivity contribution is 0.243. The second-order valence-corrected chi connectivity index (χ2v) is 8.39. The Kier molecular flexibility index (Phi) is 5.23. The average molecular weight is 361 g/mol. The summed E-state index contributed by atoms with van der Waals surface area (Å²) in [4.78, 5) is 0. The summed E-state index contributed by atoms with van der Waals surface area (Å²) < 4.78 is 27.5. The lowest BCUT2D eigenvalue weighted by Crippen LogP contribution is -2.45. The highest BCUT2D eigenvalue weighted by Crippen LogP contribution is 2.23. The van der Waals surface area contributed by atoms with E-state index in [4.69, 9.17) is 5.73 Å². The molecule has 1 aliphatic heterocycles. The number of hydrogen-bond acceptors (Lipinski definition) is 3. The monoisotopic (exact) mass is 360 g/mol. The van der Waals surface area contributed by atoms with Crippen LogP contribution in [0, 0.1) is 5.92 Å². The van der Waals surface area contributed by atoms with Gasteiger partial charge in [-0.05, 0) is 43.4 Å². The molecule has 0 bridgehead atoms. The third-order valence-corrected chi connectivity index (χ3v) is 6.17. The maximum Gasteiger partial charge on any atom is 0.218 e. The molecule has 20 heavy (non-hydrogen) atoms. The summed E-state index contributed by atoms with van der Waals surface area (Å²) in [5.74, 6) is 0.329.